The number of aliphatic carboxylic acids is 1. The first-order valence-electron chi connectivity index (χ1n) is 15.4. The first kappa shape index (κ1) is 29.8. The molecule has 6 atom stereocenters. The van der Waals surface area contributed by atoms with Crippen molar-refractivity contribution >= 4 is 42.1 Å². The first-order valence-corrected chi connectivity index (χ1v) is 15.4. The third-order valence-corrected chi connectivity index (χ3v) is 10.2. The lowest BCUT2D eigenvalue weighted by molar-refractivity contribution is -0.138. The van der Waals surface area contributed by atoms with Crippen LogP contribution in [0.25, 0.3) is 18.2 Å². The van der Waals surface area contributed by atoms with E-state index in [0.717, 1.165) is 67.8 Å². The minimum Gasteiger partial charge on any atom is -0.481 e. The predicted molar refractivity (Wildman–Crippen MR) is 171 cm³/mol. The zero-order valence-electron chi connectivity index (χ0n) is 25.9. The van der Waals surface area contributed by atoms with Crippen molar-refractivity contribution in [2.45, 2.75) is 72.1 Å². The summed E-state index contributed by atoms with van der Waals surface area (Å²) < 4.78 is 5.12. The van der Waals surface area contributed by atoms with Crippen molar-refractivity contribution in [1.29, 1.82) is 0 Å². The number of allylic oxidation sites excluding steroid dienone is 4. The van der Waals surface area contributed by atoms with Crippen molar-refractivity contribution < 1.29 is 24.5 Å². The Morgan fingerprint density at radius 1 is 1.16 bits per heavy atom. The Morgan fingerprint density at radius 2 is 1.93 bits per heavy atom. The maximum atomic E-state index is 12.1. The topological polar surface area (TPSA) is 136 Å². The maximum absolute atomic E-state index is 12.1. The SMILES string of the molecule is C=Cc1c(C)c2[nH]c1=CC1NC(=CC3=NC4C(=C3C)C(O)C(CC(=O)O)/C4=C3/N=C(C=2)C(C)C3CCOC=O)C(CC)=C1C. The second kappa shape index (κ2) is 11.4. The Labute approximate surface area is 256 Å². The van der Waals surface area contributed by atoms with E-state index in [1.54, 1.807) is 0 Å². The third-order valence-electron chi connectivity index (χ3n) is 10.2. The third kappa shape index (κ3) is 4.65. The number of fused-ring (bicyclic) bond motifs is 5. The molecule has 230 valence electrons. The zero-order valence-corrected chi connectivity index (χ0v) is 25.9. The fraction of sp³-hybridized carbons (Fsp3) is 0.429. The van der Waals surface area contributed by atoms with Crippen LogP contribution in [0.2, 0.25) is 0 Å². The van der Waals surface area contributed by atoms with Gasteiger partial charge in [0.2, 0.25) is 0 Å². The highest BCUT2D eigenvalue weighted by molar-refractivity contribution is 6.14. The number of aliphatic hydroxyl groups is 1. The summed E-state index contributed by atoms with van der Waals surface area (Å²) in [6.07, 6.45) is 8.34. The zero-order chi connectivity index (χ0) is 31.4. The monoisotopic (exact) mass is 596 g/mol. The summed E-state index contributed by atoms with van der Waals surface area (Å²) in [5.74, 6) is -1.85. The van der Waals surface area contributed by atoms with Gasteiger partial charge in [0.25, 0.3) is 6.47 Å². The highest BCUT2D eigenvalue weighted by atomic mass is 16.5. The van der Waals surface area contributed by atoms with Crippen LogP contribution in [0.1, 0.15) is 58.1 Å². The molecule has 6 unspecified atom stereocenters. The average Bonchev–Trinajstić information content (AvgIpc) is 3.71. The number of hydrogen-bond acceptors (Lipinski definition) is 7. The van der Waals surface area contributed by atoms with Crippen LogP contribution in [0, 0.1) is 24.7 Å². The average molecular weight is 597 g/mol. The molecule has 9 heteroatoms. The number of rotatable bonds is 8. The van der Waals surface area contributed by atoms with E-state index in [1.165, 1.54) is 11.1 Å². The first-order chi connectivity index (χ1) is 21.1. The van der Waals surface area contributed by atoms with Crippen molar-refractivity contribution in [3.63, 3.8) is 0 Å². The van der Waals surface area contributed by atoms with Gasteiger partial charge in [0.05, 0.1) is 36.9 Å². The summed E-state index contributed by atoms with van der Waals surface area (Å²) in [6.45, 7) is 15.2. The fourth-order valence-electron chi connectivity index (χ4n) is 7.76. The van der Waals surface area contributed by atoms with Gasteiger partial charge in [-0.3, -0.25) is 19.6 Å². The van der Waals surface area contributed by atoms with Gasteiger partial charge in [-0.25, -0.2) is 0 Å². The number of H-pyrrole nitrogens is 1. The molecule has 8 bridgehead atoms. The molecule has 44 heavy (non-hydrogen) atoms. The molecular weight excluding hydrogens is 556 g/mol. The Hall–Kier alpha value is -4.24. The lowest BCUT2D eigenvalue weighted by Crippen LogP contribution is -2.25. The maximum Gasteiger partial charge on any atom is 0.304 e. The van der Waals surface area contributed by atoms with Gasteiger partial charge in [0, 0.05) is 51.1 Å². The van der Waals surface area contributed by atoms with E-state index >= 15 is 0 Å². The summed E-state index contributed by atoms with van der Waals surface area (Å²) in [7, 11) is 0. The number of aromatic amines is 1. The standard InChI is InChI=1S/C35H40N4O5/c1-7-20-16(3)24-12-26-18(5)22(9-10-44-15-40)33(38-26)32-23(11-30(41)42)35(43)31-19(6)27(39-34(31)32)14-29-21(8-2)17(4)25(37-29)13-28(20)36-24/h7,12-15,18,22-23,25,34-37,43H,1,8-11H2,2-6H3,(H,41,42)/b24-12?,28-13?,29-14?,33-32-. The fourth-order valence-corrected chi connectivity index (χ4v) is 7.76. The second-order valence-corrected chi connectivity index (χ2v) is 12.4. The van der Waals surface area contributed by atoms with E-state index in [-0.39, 0.29) is 30.9 Å². The van der Waals surface area contributed by atoms with E-state index in [9.17, 15) is 19.8 Å². The molecule has 4 N–H and O–H groups in total. The molecule has 5 aliphatic rings. The molecule has 1 aromatic rings. The molecule has 1 fully saturated rings. The van der Waals surface area contributed by atoms with Gasteiger partial charge < -0.3 is 25.3 Å². The Bertz CT molecular complexity index is 1780. The van der Waals surface area contributed by atoms with Gasteiger partial charge in [-0.2, -0.15) is 0 Å². The predicted octanol–water partition coefficient (Wildman–Crippen LogP) is 3.25. The molecule has 6 rings (SSSR count). The molecule has 1 saturated carbocycles. The minimum absolute atomic E-state index is 0.0271. The van der Waals surface area contributed by atoms with Crippen molar-refractivity contribution in [2.75, 3.05) is 6.61 Å². The summed E-state index contributed by atoms with van der Waals surface area (Å²) >= 11 is 0. The highest BCUT2D eigenvalue weighted by Gasteiger charge is 2.50. The highest BCUT2D eigenvalue weighted by Crippen LogP contribution is 2.50. The number of carboxylic acid groups (broad SMARTS) is 1. The van der Waals surface area contributed by atoms with Crippen LogP contribution in [0.4, 0.5) is 0 Å². The van der Waals surface area contributed by atoms with Gasteiger partial charge in [0.15, 0.2) is 0 Å². The van der Waals surface area contributed by atoms with Gasteiger partial charge in [-0.15, -0.1) is 0 Å². The van der Waals surface area contributed by atoms with Gasteiger partial charge in [-0.05, 0) is 85.3 Å². The number of nitrogens with zero attached hydrogens (tertiary/aromatic N) is 2. The van der Waals surface area contributed by atoms with E-state index < -0.39 is 24.0 Å². The summed E-state index contributed by atoms with van der Waals surface area (Å²) in [5, 5.41) is 27.2. The van der Waals surface area contributed by atoms with Crippen molar-refractivity contribution in [1.82, 2.24) is 10.3 Å². The van der Waals surface area contributed by atoms with Crippen molar-refractivity contribution in [2.24, 2.45) is 27.7 Å². The number of aliphatic imine (C=N–C) groups is 2. The molecule has 4 aliphatic heterocycles. The molecule has 9 nitrogen and oxygen atoms in total. The molecule has 1 aliphatic carbocycles. The number of carbonyl (C=O) groups excluding carboxylic acids is 1. The van der Waals surface area contributed by atoms with Crippen molar-refractivity contribution in [3.05, 3.63) is 73.7 Å². The van der Waals surface area contributed by atoms with Crippen LogP contribution in [-0.4, -0.2) is 63.9 Å². The number of nitrogens with one attached hydrogen (secondary N) is 2. The van der Waals surface area contributed by atoms with Gasteiger partial charge in [-0.1, -0.05) is 26.5 Å². The minimum atomic E-state index is -0.994. The van der Waals surface area contributed by atoms with Crippen LogP contribution < -0.4 is 16.0 Å². The van der Waals surface area contributed by atoms with Crippen LogP contribution in [0.15, 0.2) is 61.9 Å². The molecule has 5 heterocycles. The molecule has 0 aromatic carbocycles. The van der Waals surface area contributed by atoms with Crippen LogP contribution in [-0.2, 0) is 14.3 Å². The number of aromatic nitrogens is 1. The summed E-state index contributed by atoms with van der Waals surface area (Å²) in [5.41, 5.74) is 10.3. The quantitative estimate of drug-likeness (QED) is 0.269. The summed E-state index contributed by atoms with van der Waals surface area (Å²) in [6, 6.07) is -0.528. The van der Waals surface area contributed by atoms with Gasteiger partial charge >= 0.3 is 5.97 Å². The molecular formula is C35H40N4O5. The van der Waals surface area contributed by atoms with E-state index in [2.05, 4.69) is 62.8 Å². The second-order valence-electron chi connectivity index (χ2n) is 12.4. The van der Waals surface area contributed by atoms with Crippen molar-refractivity contribution in [3.8, 4) is 0 Å². The Balaban J connectivity index is 1.67. The lowest BCUT2D eigenvalue weighted by atomic mass is 9.83. The number of hydrogen-bond donors (Lipinski definition) is 4. The lowest BCUT2D eigenvalue weighted by Gasteiger charge is -2.22. The van der Waals surface area contributed by atoms with E-state index in [1.807, 2.05) is 13.0 Å². The van der Waals surface area contributed by atoms with Crippen LogP contribution in [0.3, 0.4) is 0 Å². The molecule has 0 spiro atoms. The van der Waals surface area contributed by atoms with Crippen LogP contribution >= 0.6 is 0 Å². The Kier molecular flexibility index (Phi) is 7.70. The number of carbonyl (C=O) groups is 2. The van der Waals surface area contributed by atoms with Gasteiger partial charge in [0.1, 0.15) is 0 Å². The molecule has 0 amide bonds. The molecule has 0 radical (unpaired) electrons. The smallest absolute Gasteiger partial charge is 0.304 e. The number of ether oxygens (including phenoxy) is 1. The van der Waals surface area contributed by atoms with Crippen LogP contribution in [0.5, 0.6) is 0 Å². The number of carboxylic acids is 1. The van der Waals surface area contributed by atoms with E-state index in [0.29, 0.717) is 12.9 Å². The van der Waals surface area contributed by atoms with E-state index in [4.69, 9.17) is 14.7 Å². The molecule has 1 aromatic heterocycles. The Morgan fingerprint density at radius 3 is 2.61 bits per heavy atom. The normalized spacial score (nSPS) is 30.4. The summed E-state index contributed by atoms with van der Waals surface area (Å²) in [4.78, 5) is 37.1. The molecule has 0 saturated heterocycles. The number of aliphatic hydroxyl groups excluding tert-OH is 1. The largest absolute Gasteiger partial charge is 0.481 e.